The number of benzene rings is 2. The largest absolute Gasteiger partial charge is 0.335 e. The predicted molar refractivity (Wildman–Crippen MR) is 136 cm³/mol. The van der Waals surface area contributed by atoms with Crippen LogP contribution in [0, 0.1) is 11.8 Å². The van der Waals surface area contributed by atoms with Gasteiger partial charge in [-0.15, -0.1) is 0 Å². The zero-order chi connectivity index (χ0) is 24.5. The average molecular weight is 476 g/mol. The molecular formula is C29H37N3O3. The molecule has 0 aliphatic carbocycles. The van der Waals surface area contributed by atoms with Crippen LogP contribution in [-0.4, -0.2) is 47.5 Å². The van der Waals surface area contributed by atoms with Crippen molar-refractivity contribution in [1.29, 1.82) is 0 Å². The molecule has 6 heteroatoms. The SMILES string of the molecule is CC(C)CON(C(=O)c1ccc2c(c1)CCN1C(=O)[C@H]3CCCN[C@H]3C[C@H]21)[C@H](C)c1ccccc1. The Bertz CT molecular complexity index is 1070. The fraction of sp³-hybridized carbons (Fsp3) is 0.517. The number of rotatable bonds is 6. The molecule has 186 valence electrons. The Balaban J connectivity index is 1.40. The van der Waals surface area contributed by atoms with Gasteiger partial charge in [-0.1, -0.05) is 50.2 Å². The van der Waals surface area contributed by atoms with Gasteiger partial charge in [0.05, 0.1) is 24.6 Å². The number of piperidine rings is 2. The van der Waals surface area contributed by atoms with Crippen molar-refractivity contribution in [1.82, 2.24) is 15.3 Å². The maximum Gasteiger partial charge on any atom is 0.278 e. The molecule has 2 saturated heterocycles. The number of hydrogen-bond acceptors (Lipinski definition) is 4. The van der Waals surface area contributed by atoms with Crippen molar-refractivity contribution in [2.45, 2.75) is 64.6 Å². The molecule has 2 amide bonds. The number of hydrogen-bond donors (Lipinski definition) is 1. The van der Waals surface area contributed by atoms with Crippen LogP contribution in [0.25, 0.3) is 0 Å². The van der Waals surface area contributed by atoms with E-state index < -0.39 is 0 Å². The Kier molecular flexibility index (Phi) is 6.94. The van der Waals surface area contributed by atoms with Gasteiger partial charge in [0, 0.05) is 18.2 Å². The van der Waals surface area contributed by atoms with E-state index in [-0.39, 0.29) is 30.0 Å². The topological polar surface area (TPSA) is 61.9 Å². The van der Waals surface area contributed by atoms with Crippen LogP contribution in [0.4, 0.5) is 0 Å². The van der Waals surface area contributed by atoms with Crippen molar-refractivity contribution in [2.24, 2.45) is 11.8 Å². The molecule has 5 rings (SSSR count). The Morgan fingerprint density at radius 3 is 2.74 bits per heavy atom. The molecule has 6 nitrogen and oxygen atoms in total. The van der Waals surface area contributed by atoms with E-state index in [4.69, 9.17) is 4.84 Å². The molecule has 3 heterocycles. The van der Waals surface area contributed by atoms with Crippen LogP contribution < -0.4 is 5.32 Å². The van der Waals surface area contributed by atoms with Gasteiger partial charge in [-0.2, -0.15) is 0 Å². The van der Waals surface area contributed by atoms with E-state index in [0.717, 1.165) is 44.3 Å². The lowest BCUT2D eigenvalue weighted by atomic mass is 9.77. The summed E-state index contributed by atoms with van der Waals surface area (Å²) in [5.74, 6) is 0.604. The number of hydroxylamine groups is 2. The van der Waals surface area contributed by atoms with Gasteiger partial charge in [-0.3, -0.25) is 14.4 Å². The van der Waals surface area contributed by atoms with E-state index in [1.807, 2.05) is 49.4 Å². The second-order valence-electron chi connectivity index (χ2n) is 10.7. The standard InChI is InChI=1S/C29H37N3O3/c1-19(2)18-35-32(20(3)21-8-5-4-6-9-21)28(33)23-11-12-24-22(16-23)13-15-31-27(24)17-26-25(29(31)34)10-7-14-30-26/h4-6,8-9,11-12,16,19-20,25-27,30H,7,10,13-15,17-18H2,1-3H3/t20-,25+,26+,27-/m1/s1. The monoisotopic (exact) mass is 475 g/mol. The summed E-state index contributed by atoms with van der Waals surface area (Å²) in [4.78, 5) is 35.1. The molecule has 0 spiro atoms. The Morgan fingerprint density at radius 1 is 1.17 bits per heavy atom. The van der Waals surface area contributed by atoms with Crippen LogP contribution in [0.2, 0.25) is 0 Å². The Labute approximate surface area is 208 Å². The highest BCUT2D eigenvalue weighted by molar-refractivity contribution is 5.94. The van der Waals surface area contributed by atoms with Crippen molar-refractivity contribution in [3.63, 3.8) is 0 Å². The second kappa shape index (κ2) is 10.1. The maximum atomic E-state index is 13.7. The first-order chi connectivity index (χ1) is 16.9. The molecule has 3 aliphatic rings. The minimum atomic E-state index is -0.209. The summed E-state index contributed by atoms with van der Waals surface area (Å²) in [5, 5.41) is 5.12. The third kappa shape index (κ3) is 4.74. The molecule has 35 heavy (non-hydrogen) atoms. The van der Waals surface area contributed by atoms with Gasteiger partial charge in [0.15, 0.2) is 0 Å². The van der Waals surface area contributed by atoms with Crippen LogP contribution in [0.15, 0.2) is 48.5 Å². The zero-order valence-electron chi connectivity index (χ0n) is 21.1. The Morgan fingerprint density at radius 2 is 1.97 bits per heavy atom. The molecule has 0 radical (unpaired) electrons. The lowest BCUT2D eigenvalue weighted by Gasteiger charge is -2.48. The summed E-state index contributed by atoms with van der Waals surface area (Å²) >= 11 is 0. The summed E-state index contributed by atoms with van der Waals surface area (Å²) in [6.45, 7) is 8.36. The molecule has 1 N–H and O–H groups in total. The summed E-state index contributed by atoms with van der Waals surface area (Å²) in [7, 11) is 0. The Hall–Kier alpha value is -2.70. The van der Waals surface area contributed by atoms with Crippen LogP contribution in [0.3, 0.4) is 0 Å². The molecule has 0 aromatic heterocycles. The first kappa shape index (κ1) is 24.0. The van der Waals surface area contributed by atoms with Crippen LogP contribution in [-0.2, 0) is 16.1 Å². The van der Waals surface area contributed by atoms with Gasteiger partial charge < -0.3 is 10.2 Å². The minimum Gasteiger partial charge on any atom is -0.335 e. The highest BCUT2D eigenvalue weighted by Crippen LogP contribution is 2.41. The quantitative estimate of drug-likeness (QED) is 0.617. The molecule has 4 atom stereocenters. The minimum absolute atomic E-state index is 0.0961. The van der Waals surface area contributed by atoms with Crippen LogP contribution in [0.1, 0.15) is 79.2 Å². The fourth-order valence-corrected chi connectivity index (χ4v) is 5.88. The number of nitrogens with one attached hydrogen (secondary N) is 1. The van der Waals surface area contributed by atoms with Gasteiger partial charge >= 0.3 is 0 Å². The zero-order valence-corrected chi connectivity index (χ0v) is 21.1. The summed E-state index contributed by atoms with van der Waals surface area (Å²) in [5.41, 5.74) is 4.04. The average Bonchev–Trinajstić information content (AvgIpc) is 2.88. The highest BCUT2D eigenvalue weighted by atomic mass is 16.7. The highest BCUT2D eigenvalue weighted by Gasteiger charge is 2.45. The molecule has 0 saturated carbocycles. The van der Waals surface area contributed by atoms with E-state index in [9.17, 15) is 9.59 Å². The summed E-state index contributed by atoms with van der Waals surface area (Å²) < 4.78 is 0. The lowest BCUT2D eigenvalue weighted by molar-refractivity contribution is -0.154. The summed E-state index contributed by atoms with van der Waals surface area (Å²) in [6, 6.07) is 16.2. The van der Waals surface area contributed by atoms with Gasteiger partial charge in [0.2, 0.25) is 5.91 Å². The number of amides is 2. The third-order valence-corrected chi connectivity index (χ3v) is 7.79. The summed E-state index contributed by atoms with van der Waals surface area (Å²) in [6.07, 6.45) is 3.80. The lowest BCUT2D eigenvalue weighted by Crippen LogP contribution is -2.57. The van der Waals surface area contributed by atoms with E-state index in [0.29, 0.717) is 24.0 Å². The van der Waals surface area contributed by atoms with E-state index >= 15 is 0 Å². The first-order valence-corrected chi connectivity index (χ1v) is 13.1. The van der Waals surface area contributed by atoms with Gasteiger partial charge in [0.1, 0.15) is 0 Å². The predicted octanol–water partition coefficient (Wildman–Crippen LogP) is 4.68. The van der Waals surface area contributed by atoms with Crippen LogP contribution >= 0.6 is 0 Å². The van der Waals surface area contributed by atoms with E-state index in [1.54, 1.807) is 0 Å². The second-order valence-corrected chi connectivity index (χ2v) is 10.7. The fourth-order valence-electron chi connectivity index (χ4n) is 5.88. The molecule has 2 fully saturated rings. The number of nitrogens with zero attached hydrogens (tertiary/aromatic N) is 2. The van der Waals surface area contributed by atoms with Crippen molar-refractivity contribution in [2.75, 3.05) is 19.7 Å². The molecule has 0 bridgehead atoms. The number of fused-ring (bicyclic) bond motifs is 4. The van der Waals surface area contributed by atoms with Crippen LogP contribution in [0.5, 0.6) is 0 Å². The van der Waals surface area contributed by atoms with Crippen molar-refractivity contribution in [3.05, 3.63) is 70.8 Å². The molecule has 2 aromatic carbocycles. The molecular weight excluding hydrogens is 438 g/mol. The van der Waals surface area contributed by atoms with E-state index in [1.165, 1.54) is 16.2 Å². The van der Waals surface area contributed by atoms with Crippen molar-refractivity contribution >= 4 is 11.8 Å². The molecule has 0 unspecified atom stereocenters. The van der Waals surface area contributed by atoms with Crippen molar-refractivity contribution in [3.8, 4) is 0 Å². The molecule has 2 aromatic rings. The first-order valence-electron chi connectivity index (χ1n) is 13.1. The maximum absolute atomic E-state index is 13.7. The molecule has 3 aliphatic heterocycles. The third-order valence-electron chi connectivity index (χ3n) is 7.79. The van der Waals surface area contributed by atoms with Crippen molar-refractivity contribution < 1.29 is 14.4 Å². The van der Waals surface area contributed by atoms with Gasteiger partial charge in [0.25, 0.3) is 5.91 Å². The van der Waals surface area contributed by atoms with Gasteiger partial charge in [-0.05, 0) is 73.9 Å². The van der Waals surface area contributed by atoms with E-state index in [2.05, 4.69) is 30.1 Å². The number of carbonyl (C=O) groups is 2. The number of carbonyl (C=O) groups excluding carboxylic acids is 2. The normalized spacial score (nSPS) is 24.4. The van der Waals surface area contributed by atoms with Gasteiger partial charge in [-0.25, -0.2) is 5.06 Å². The smallest absolute Gasteiger partial charge is 0.278 e.